The fourth-order valence-corrected chi connectivity index (χ4v) is 4.52. The van der Waals surface area contributed by atoms with E-state index in [9.17, 15) is 10.1 Å². The van der Waals surface area contributed by atoms with Crippen LogP contribution >= 0.6 is 0 Å². The first-order valence-corrected chi connectivity index (χ1v) is 9.00. The number of hydrogen-bond donors (Lipinski definition) is 0. The van der Waals surface area contributed by atoms with E-state index in [1.54, 1.807) is 6.07 Å². The van der Waals surface area contributed by atoms with Gasteiger partial charge in [0.2, 0.25) is 0 Å². The lowest BCUT2D eigenvalue weighted by atomic mass is 9.65. The molecule has 0 atom stereocenters. The Hall–Kier alpha value is -1.88. The molecular weight excluding hydrogens is 316 g/mol. The highest BCUT2D eigenvalue weighted by atomic mass is 16.6. The summed E-state index contributed by atoms with van der Waals surface area (Å²) in [4.78, 5) is 13.6. The Morgan fingerprint density at radius 3 is 2.44 bits per heavy atom. The molecule has 1 aliphatic carbocycles. The molecule has 1 aromatic rings. The number of nitro benzene ring substituents is 1. The van der Waals surface area contributed by atoms with Crippen LogP contribution in [0.2, 0.25) is 0 Å². The Labute approximate surface area is 149 Å². The zero-order chi connectivity index (χ0) is 18.2. The van der Waals surface area contributed by atoms with Gasteiger partial charge in [-0.05, 0) is 41.4 Å². The molecule has 1 fully saturated rings. The Kier molecular flexibility index (Phi) is 4.62. The molecule has 0 bridgehead atoms. The van der Waals surface area contributed by atoms with Gasteiger partial charge in [0.25, 0.3) is 5.69 Å². The molecule has 0 amide bonds. The fourth-order valence-electron chi connectivity index (χ4n) is 4.52. The van der Waals surface area contributed by atoms with Crippen LogP contribution in [0, 0.1) is 20.9 Å². The molecule has 5 heteroatoms. The van der Waals surface area contributed by atoms with Gasteiger partial charge >= 0.3 is 0 Å². The lowest BCUT2D eigenvalue weighted by molar-refractivity contribution is -0.385. The van der Waals surface area contributed by atoms with Gasteiger partial charge in [-0.15, -0.1) is 0 Å². The molecule has 1 aromatic carbocycles. The summed E-state index contributed by atoms with van der Waals surface area (Å²) in [5.74, 6) is 0. The maximum absolute atomic E-state index is 11.6. The van der Waals surface area contributed by atoms with E-state index in [1.165, 1.54) is 0 Å². The summed E-state index contributed by atoms with van der Waals surface area (Å²) in [5, 5.41) is 11.6. The number of nitro groups is 1. The predicted molar refractivity (Wildman–Crippen MR) is 101 cm³/mol. The lowest BCUT2D eigenvalue weighted by Gasteiger charge is -2.39. The molecule has 0 spiro atoms. The number of anilines is 1. The van der Waals surface area contributed by atoms with Gasteiger partial charge in [-0.25, -0.2) is 0 Å². The van der Waals surface area contributed by atoms with Crippen LogP contribution in [-0.2, 0) is 4.74 Å². The largest absolute Gasteiger partial charge is 0.378 e. The second kappa shape index (κ2) is 6.45. The van der Waals surface area contributed by atoms with Gasteiger partial charge in [0.1, 0.15) is 0 Å². The average molecular weight is 344 g/mol. The van der Waals surface area contributed by atoms with Gasteiger partial charge in [-0.3, -0.25) is 10.1 Å². The molecule has 136 valence electrons. The van der Waals surface area contributed by atoms with E-state index >= 15 is 0 Å². The molecule has 0 radical (unpaired) electrons. The molecule has 25 heavy (non-hydrogen) atoms. The van der Waals surface area contributed by atoms with Crippen LogP contribution in [0.5, 0.6) is 0 Å². The topological polar surface area (TPSA) is 55.6 Å². The highest BCUT2D eigenvalue weighted by molar-refractivity contribution is 5.77. The van der Waals surface area contributed by atoms with Crippen molar-refractivity contribution >= 4 is 16.9 Å². The third-order valence-electron chi connectivity index (χ3n) is 5.07. The van der Waals surface area contributed by atoms with Crippen molar-refractivity contribution < 1.29 is 9.66 Å². The predicted octanol–water partition coefficient (Wildman–Crippen LogP) is 4.66. The number of allylic oxidation sites excluding steroid dienone is 2. The minimum atomic E-state index is -0.256. The standard InChI is InChI=1S/C20H28N2O3/c1-19(2)12-15(13-20(3,4)14-19)17-11-16(5-6-18(17)22(23)24)21-7-9-25-10-8-21/h5-6,11-12H,7-10,13-14H2,1-4H3. The van der Waals surface area contributed by atoms with Crippen molar-refractivity contribution in [2.75, 3.05) is 31.2 Å². The van der Waals surface area contributed by atoms with E-state index in [4.69, 9.17) is 4.74 Å². The highest BCUT2D eigenvalue weighted by Gasteiger charge is 2.35. The molecule has 2 aliphatic rings. The van der Waals surface area contributed by atoms with Crippen LogP contribution in [0.4, 0.5) is 11.4 Å². The van der Waals surface area contributed by atoms with E-state index in [2.05, 4.69) is 38.7 Å². The van der Waals surface area contributed by atoms with E-state index in [0.29, 0.717) is 13.2 Å². The van der Waals surface area contributed by atoms with Gasteiger partial charge in [-0.2, -0.15) is 0 Å². The van der Waals surface area contributed by atoms with Crippen LogP contribution < -0.4 is 4.90 Å². The first-order valence-electron chi connectivity index (χ1n) is 9.00. The number of nitrogens with zero attached hydrogens (tertiary/aromatic N) is 2. The van der Waals surface area contributed by atoms with Crippen LogP contribution in [0.25, 0.3) is 5.57 Å². The summed E-state index contributed by atoms with van der Waals surface area (Å²) < 4.78 is 5.42. The lowest BCUT2D eigenvalue weighted by Crippen LogP contribution is -2.36. The number of ether oxygens (including phenoxy) is 1. The molecule has 0 saturated carbocycles. The molecule has 0 aromatic heterocycles. The number of rotatable bonds is 3. The van der Waals surface area contributed by atoms with Gasteiger partial charge in [0.05, 0.1) is 23.7 Å². The van der Waals surface area contributed by atoms with Gasteiger partial charge in [0, 0.05) is 24.8 Å². The van der Waals surface area contributed by atoms with E-state index in [1.807, 2.05) is 12.1 Å². The summed E-state index contributed by atoms with van der Waals surface area (Å²) in [6.07, 6.45) is 4.19. The van der Waals surface area contributed by atoms with Crippen molar-refractivity contribution in [3.63, 3.8) is 0 Å². The molecule has 1 aliphatic heterocycles. The van der Waals surface area contributed by atoms with Gasteiger partial charge in [0.15, 0.2) is 0 Å². The third kappa shape index (κ3) is 4.03. The zero-order valence-corrected chi connectivity index (χ0v) is 15.7. The highest BCUT2D eigenvalue weighted by Crippen LogP contribution is 2.49. The molecular formula is C20H28N2O3. The quantitative estimate of drug-likeness (QED) is 0.591. The number of benzene rings is 1. The fraction of sp³-hybridized carbons (Fsp3) is 0.600. The summed E-state index contributed by atoms with van der Waals surface area (Å²) in [6.45, 7) is 12.0. The summed E-state index contributed by atoms with van der Waals surface area (Å²) >= 11 is 0. The van der Waals surface area contributed by atoms with E-state index < -0.39 is 0 Å². The molecule has 1 heterocycles. The maximum atomic E-state index is 11.6. The summed E-state index contributed by atoms with van der Waals surface area (Å²) in [6, 6.07) is 5.54. The van der Waals surface area contributed by atoms with Crippen molar-refractivity contribution in [2.45, 2.75) is 40.5 Å². The molecule has 3 rings (SSSR count). The van der Waals surface area contributed by atoms with Crippen molar-refractivity contribution in [2.24, 2.45) is 10.8 Å². The average Bonchev–Trinajstić information content (AvgIpc) is 2.52. The first kappa shape index (κ1) is 17.9. The zero-order valence-electron chi connectivity index (χ0n) is 15.7. The van der Waals surface area contributed by atoms with Crippen molar-refractivity contribution in [1.82, 2.24) is 0 Å². The van der Waals surface area contributed by atoms with Gasteiger partial charge < -0.3 is 9.64 Å². The first-order chi connectivity index (χ1) is 11.7. The summed E-state index contributed by atoms with van der Waals surface area (Å²) in [7, 11) is 0. The van der Waals surface area contributed by atoms with Crippen molar-refractivity contribution in [1.29, 1.82) is 0 Å². The Morgan fingerprint density at radius 1 is 1.16 bits per heavy atom. The SMILES string of the molecule is CC1(C)C=C(c2cc(N3CCOCC3)ccc2[N+](=O)[O-])CC(C)(C)C1. The van der Waals surface area contributed by atoms with E-state index in [-0.39, 0.29) is 21.4 Å². The minimum Gasteiger partial charge on any atom is -0.378 e. The third-order valence-corrected chi connectivity index (χ3v) is 5.07. The van der Waals surface area contributed by atoms with Crippen LogP contribution in [0.15, 0.2) is 24.3 Å². The maximum Gasteiger partial charge on any atom is 0.277 e. The molecule has 5 nitrogen and oxygen atoms in total. The minimum absolute atomic E-state index is 0.0416. The van der Waals surface area contributed by atoms with Crippen LogP contribution in [0.1, 0.15) is 46.1 Å². The Bertz CT molecular complexity index is 701. The monoisotopic (exact) mass is 344 g/mol. The Balaban J connectivity index is 2.06. The molecule has 1 saturated heterocycles. The molecule has 0 N–H and O–H groups in total. The second-order valence-electron chi connectivity index (χ2n) is 8.73. The van der Waals surface area contributed by atoms with Crippen LogP contribution in [-0.4, -0.2) is 31.2 Å². The second-order valence-corrected chi connectivity index (χ2v) is 8.73. The Morgan fingerprint density at radius 2 is 1.84 bits per heavy atom. The van der Waals surface area contributed by atoms with Crippen molar-refractivity contribution in [3.05, 3.63) is 40.0 Å². The van der Waals surface area contributed by atoms with Crippen LogP contribution in [0.3, 0.4) is 0 Å². The summed E-state index contributed by atoms with van der Waals surface area (Å²) in [5.41, 5.74) is 3.30. The van der Waals surface area contributed by atoms with Crippen molar-refractivity contribution in [3.8, 4) is 0 Å². The smallest absolute Gasteiger partial charge is 0.277 e. The normalized spacial score (nSPS) is 22.4. The van der Waals surface area contributed by atoms with E-state index in [0.717, 1.165) is 42.8 Å². The molecule has 0 unspecified atom stereocenters. The van der Waals surface area contributed by atoms with Gasteiger partial charge in [-0.1, -0.05) is 33.8 Å². The number of morpholine rings is 1. The number of hydrogen-bond acceptors (Lipinski definition) is 4.